The summed E-state index contributed by atoms with van der Waals surface area (Å²) < 4.78 is 5.28. The molecule has 0 aliphatic carbocycles. The molecule has 2 atom stereocenters. The van der Waals surface area contributed by atoms with Crippen molar-refractivity contribution in [1.29, 1.82) is 5.26 Å². The van der Waals surface area contributed by atoms with Crippen LogP contribution in [0.25, 0.3) is 0 Å². The van der Waals surface area contributed by atoms with E-state index >= 15 is 0 Å². The Kier molecular flexibility index (Phi) is 3.53. The molecule has 1 aliphatic heterocycles. The third-order valence-corrected chi connectivity index (χ3v) is 2.02. The SMILES string of the molecule is N#CC[C@H]1CC[C@H](NC(=O)O)CO1. The zero-order valence-electron chi connectivity index (χ0n) is 7.19. The summed E-state index contributed by atoms with van der Waals surface area (Å²) in [5.74, 6) is 0. The lowest BCUT2D eigenvalue weighted by atomic mass is 10.0. The van der Waals surface area contributed by atoms with E-state index in [1.807, 2.05) is 6.07 Å². The minimum absolute atomic E-state index is 0.0168. The van der Waals surface area contributed by atoms with Gasteiger partial charge in [-0.3, -0.25) is 0 Å². The Morgan fingerprint density at radius 3 is 2.92 bits per heavy atom. The van der Waals surface area contributed by atoms with Gasteiger partial charge in [-0.1, -0.05) is 0 Å². The van der Waals surface area contributed by atoms with E-state index in [0.717, 1.165) is 12.8 Å². The Morgan fingerprint density at radius 1 is 1.69 bits per heavy atom. The van der Waals surface area contributed by atoms with Crippen LogP contribution < -0.4 is 5.32 Å². The van der Waals surface area contributed by atoms with Crippen molar-refractivity contribution in [2.75, 3.05) is 6.61 Å². The largest absolute Gasteiger partial charge is 0.465 e. The van der Waals surface area contributed by atoms with Gasteiger partial charge in [0.05, 0.1) is 31.2 Å². The zero-order chi connectivity index (χ0) is 9.68. The van der Waals surface area contributed by atoms with Crippen LogP contribution in [-0.4, -0.2) is 30.0 Å². The van der Waals surface area contributed by atoms with Gasteiger partial charge in [0, 0.05) is 0 Å². The predicted molar refractivity (Wildman–Crippen MR) is 44.2 cm³/mol. The van der Waals surface area contributed by atoms with Crippen molar-refractivity contribution in [2.24, 2.45) is 0 Å². The minimum Gasteiger partial charge on any atom is -0.465 e. The smallest absolute Gasteiger partial charge is 0.404 e. The van der Waals surface area contributed by atoms with E-state index in [4.69, 9.17) is 15.1 Å². The number of hydrogen-bond donors (Lipinski definition) is 2. The maximum Gasteiger partial charge on any atom is 0.404 e. The fraction of sp³-hybridized carbons (Fsp3) is 0.750. The van der Waals surface area contributed by atoms with Gasteiger partial charge in [-0.25, -0.2) is 4.79 Å². The molecule has 1 saturated heterocycles. The third kappa shape index (κ3) is 3.30. The molecule has 1 fully saturated rings. The molecular formula is C8H12N2O3. The predicted octanol–water partition coefficient (Wildman–Crippen LogP) is 0.715. The normalized spacial score (nSPS) is 27.6. The summed E-state index contributed by atoms with van der Waals surface area (Å²) in [5.41, 5.74) is 0. The fourth-order valence-corrected chi connectivity index (χ4v) is 1.36. The van der Waals surface area contributed by atoms with Gasteiger partial charge in [-0.2, -0.15) is 5.26 Å². The van der Waals surface area contributed by atoms with Crippen molar-refractivity contribution in [2.45, 2.75) is 31.4 Å². The summed E-state index contributed by atoms with van der Waals surface area (Å²) in [6.45, 7) is 0.374. The molecule has 0 aromatic heterocycles. The molecule has 1 amide bonds. The summed E-state index contributed by atoms with van der Waals surface area (Å²) in [7, 11) is 0. The van der Waals surface area contributed by atoms with Crippen molar-refractivity contribution >= 4 is 6.09 Å². The Hall–Kier alpha value is -1.28. The van der Waals surface area contributed by atoms with Crippen LogP contribution in [0.2, 0.25) is 0 Å². The molecule has 2 N–H and O–H groups in total. The summed E-state index contributed by atoms with van der Waals surface area (Å²) >= 11 is 0. The highest BCUT2D eigenvalue weighted by Gasteiger charge is 2.22. The molecule has 1 aliphatic rings. The van der Waals surface area contributed by atoms with Gasteiger partial charge in [-0.05, 0) is 12.8 Å². The van der Waals surface area contributed by atoms with Crippen LogP contribution in [0.1, 0.15) is 19.3 Å². The van der Waals surface area contributed by atoms with E-state index in [1.165, 1.54) is 0 Å². The van der Waals surface area contributed by atoms with Gasteiger partial charge < -0.3 is 15.2 Å². The second-order valence-corrected chi connectivity index (χ2v) is 3.04. The molecule has 1 heterocycles. The van der Waals surface area contributed by atoms with E-state index < -0.39 is 6.09 Å². The number of ether oxygens (including phenoxy) is 1. The molecule has 0 bridgehead atoms. The van der Waals surface area contributed by atoms with Crippen LogP contribution in [0.4, 0.5) is 4.79 Å². The first kappa shape index (κ1) is 9.81. The van der Waals surface area contributed by atoms with Crippen molar-refractivity contribution in [3.05, 3.63) is 0 Å². The minimum atomic E-state index is -1.02. The Bertz CT molecular complexity index is 216. The quantitative estimate of drug-likeness (QED) is 0.662. The molecule has 0 spiro atoms. The van der Waals surface area contributed by atoms with Crippen LogP contribution in [0.15, 0.2) is 0 Å². The van der Waals surface area contributed by atoms with Crippen LogP contribution in [-0.2, 0) is 4.74 Å². The first-order valence-corrected chi connectivity index (χ1v) is 4.20. The number of nitriles is 1. The molecule has 1 rings (SSSR count). The highest BCUT2D eigenvalue weighted by molar-refractivity contribution is 5.64. The summed E-state index contributed by atoms with van der Waals surface area (Å²) in [6, 6.07) is 1.91. The van der Waals surface area contributed by atoms with Gasteiger partial charge >= 0.3 is 6.09 Å². The summed E-state index contributed by atoms with van der Waals surface area (Å²) in [6.07, 6.45) is 0.848. The molecule has 0 saturated carbocycles. The number of amides is 1. The standard InChI is InChI=1S/C8H12N2O3/c9-4-3-7-2-1-6(5-13-7)10-8(11)12/h6-7,10H,1-3,5H2,(H,11,12)/t6-,7+/m0/s1. The van der Waals surface area contributed by atoms with Crippen LogP contribution >= 0.6 is 0 Å². The Labute approximate surface area is 76.3 Å². The number of carbonyl (C=O) groups is 1. The van der Waals surface area contributed by atoms with Gasteiger partial charge in [0.2, 0.25) is 0 Å². The number of nitrogens with one attached hydrogen (secondary N) is 1. The molecule has 5 nitrogen and oxygen atoms in total. The van der Waals surface area contributed by atoms with Gasteiger partial charge in [0.25, 0.3) is 0 Å². The molecule has 72 valence electrons. The second kappa shape index (κ2) is 4.67. The number of hydrogen-bond acceptors (Lipinski definition) is 3. The topological polar surface area (TPSA) is 82.4 Å². The zero-order valence-corrected chi connectivity index (χ0v) is 7.19. The monoisotopic (exact) mass is 184 g/mol. The average Bonchev–Trinajstić information content (AvgIpc) is 2.08. The average molecular weight is 184 g/mol. The van der Waals surface area contributed by atoms with E-state index in [1.54, 1.807) is 0 Å². The molecule has 5 heteroatoms. The van der Waals surface area contributed by atoms with Gasteiger partial charge in [-0.15, -0.1) is 0 Å². The Balaban J connectivity index is 2.23. The van der Waals surface area contributed by atoms with Crippen molar-refractivity contribution in [3.8, 4) is 6.07 Å². The molecule has 0 aromatic rings. The van der Waals surface area contributed by atoms with Gasteiger partial charge in [0.15, 0.2) is 0 Å². The van der Waals surface area contributed by atoms with Crippen LogP contribution in [0.5, 0.6) is 0 Å². The number of nitrogens with zero attached hydrogens (tertiary/aromatic N) is 1. The first-order chi connectivity index (χ1) is 6.22. The van der Waals surface area contributed by atoms with E-state index in [-0.39, 0.29) is 12.1 Å². The highest BCUT2D eigenvalue weighted by atomic mass is 16.5. The van der Waals surface area contributed by atoms with Crippen molar-refractivity contribution in [1.82, 2.24) is 5.32 Å². The summed E-state index contributed by atoms with van der Waals surface area (Å²) in [4.78, 5) is 10.3. The summed E-state index contributed by atoms with van der Waals surface area (Å²) in [5, 5.41) is 19.2. The third-order valence-electron chi connectivity index (χ3n) is 2.02. The van der Waals surface area contributed by atoms with E-state index in [0.29, 0.717) is 13.0 Å². The molecule has 0 aromatic carbocycles. The first-order valence-electron chi connectivity index (χ1n) is 4.20. The lowest BCUT2D eigenvalue weighted by molar-refractivity contribution is 0.00137. The Morgan fingerprint density at radius 2 is 2.46 bits per heavy atom. The van der Waals surface area contributed by atoms with Crippen molar-refractivity contribution < 1.29 is 14.6 Å². The van der Waals surface area contributed by atoms with Crippen LogP contribution in [0.3, 0.4) is 0 Å². The van der Waals surface area contributed by atoms with Crippen LogP contribution in [0, 0.1) is 11.3 Å². The van der Waals surface area contributed by atoms with E-state index in [9.17, 15) is 4.79 Å². The van der Waals surface area contributed by atoms with Crippen molar-refractivity contribution in [3.63, 3.8) is 0 Å². The number of rotatable bonds is 2. The number of carboxylic acid groups (broad SMARTS) is 1. The fourth-order valence-electron chi connectivity index (χ4n) is 1.36. The lowest BCUT2D eigenvalue weighted by Crippen LogP contribution is -2.42. The molecule has 13 heavy (non-hydrogen) atoms. The maximum absolute atomic E-state index is 10.3. The lowest BCUT2D eigenvalue weighted by Gasteiger charge is -2.27. The second-order valence-electron chi connectivity index (χ2n) is 3.04. The van der Waals surface area contributed by atoms with E-state index in [2.05, 4.69) is 5.32 Å². The van der Waals surface area contributed by atoms with Gasteiger partial charge in [0.1, 0.15) is 0 Å². The maximum atomic E-state index is 10.3. The molecule has 0 radical (unpaired) electrons. The molecular weight excluding hydrogens is 172 g/mol. The highest BCUT2D eigenvalue weighted by Crippen LogP contribution is 2.15. The molecule has 0 unspecified atom stereocenters.